The molecule has 3 saturated carbocycles. The highest BCUT2D eigenvalue weighted by Crippen LogP contribution is 2.66. The Morgan fingerprint density at radius 2 is 1.67 bits per heavy atom. The molecule has 27 heavy (non-hydrogen) atoms. The van der Waals surface area contributed by atoms with Gasteiger partial charge < -0.3 is 10.2 Å². The van der Waals surface area contributed by atoms with Crippen molar-refractivity contribution in [3.8, 4) is 0 Å². The number of fused-ring (bicyclic) bond motifs is 3. The Bertz CT molecular complexity index is 744. The standard InChI is InChI=1S/C24H35ClO2/c1-16-14-17(25)6-7-18(16)23(26)12-9-20-22(4)11-5-10-21(2,3)19(22)8-13-24(20,27)15-23/h6-7,14,19-20,26-27H,5,8-13,15H2,1-4H3/t19-,20+,22-,23+,24+/m0/s1. The molecule has 0 unspecified atom stereocenters. The molecule has 0 spiro atoms. The van der Waals surface area contributed by atoms with Crippen LogP contribution in [0, 0.1) is 29.6 Å². The lowest BCUT2D eigenvalue weighted by molar-refractivity contribution is -0.224. The lowest BCUT2D eigenvalue weighted by Crippen LogP contribution is -2.62. The Labute approximate surface area is 169 Å². The molecule has 3 aliphatic rings. The van der Waals surface area contributed by atoms with Crippen molar-refractivity contribution in [2.24, 2.45) is 22.7 Å². The Morgan fingerprint density at radius 1 is 0.963 bits per heavy atom. The number of hydrogen-bond acceptors (Lipinski definition) is 2. The lowest BCUT2D eigenvalue weighted by Gasteiger charge is -2.64. The van der Waals surface area contributed by atoms with E-state index in [-0.39, 0.29) is 11.3 Å². The van der Waals surface area contributed by atoms with Gasteiger partial charge in [0.05, 0.1) is 11.2 Å². The molecular formula is C24H35ClO2. The normalized spacial score (nSPS) is 43.7. The first-order chi connectivity index (χ1) is 12.5. The number of benzene rings is 1. The molecule has 1 aromatic carbocycles. The predicted octanol–water partition coefficient (Wildman–Crippen LogP) is 5.99. The summed E-state index contributed by atoms with van der Waals surface area (Å²) in [5, 5.41) is 24.1. The van der Waals surface area contributed by atoms with E-state index in [9.17, 15) is 10.2 Å². The van der Waals surface area contributed by atoms with Gasteiger partial charge in [0.25, 0.3) is 0 Å². The highest BCUT2D eigenvalue weighted by Gasteiger charge is 2.62. The van der Waals surface area contributed by atoms with Crippen LogP contribution in [-0.4, -0.2) is 15.8 Å². The number of aliphatic hydroxyl groups is 2. The van der Waals surface area contributed by atoms with Gasteiger partial charge >= 0.3 is 0 Å². The maximum atomic E-state index is 11.8. The zero-order chi connectivity index (χ0) is 19.7. The molecule has 1 aromatic rings. The minimum Gasteiger partial charge on any atom is -0.389 e. The first-order valence-corrected chi connectivity index (χ1v) is 11.1. The molecule has 2 N–H and O–H groups in total. The highest BCUT2D eigenvalue weighted by atomic mass is 35.5. The van der Waals surface area contributed by atoms with Crippen LogP contribution in [0.15, 0.2) is 18.2 Å². The van der Waals surface area contributed by atoms with Crippen LogP contribution in [0.2, 0.25) is 5.02 Å². The molecule has 0 radical (unpaired) electrons. The molecule has 0 aromatic heterocycles. The number of halogens is 1. The van der Waals surface area contributed by atoms with E-state index in [1.54, 1.807) is 0 Å². The minimum absolute atomic E-state index is 0.186. The molecule has 0 saturated heterocycles. The summed E-state index contributed by atoms with van der Waals surface area (Å²) < 4.78 is 0. The van der Waals surface area contributed by atoms with E-state index in [1.165, 1.54) is 19.3 Å². The van der Waals surface area contributed by atoms with Crippen molar-refractivity contribution >= 4 is 11.6 Å². The van der Waals surface area contributed by atoms with Crippen molar-refractivity contribution in [2.45, 2.75) is 90.3 Å². The van der Waals surface area contributed by atoms with Crippen LogP contribution in [0.4, 0.5) is 0 Å². The fourth-order valence-corrected chi connectivity index (χ4v) is 7.88. The molecule has 0 amide bonds. The van der Waals surface area contributed by atoms with Gasteiger partial charge in [0.2, 0.25) is 0 Å². The van der Waals surface area contributed by atoms with Gasteiger partial charge in [-0.2, -0.15) is 0 Å². The van der Waals surface area contributed by atoms with Crippen molar-refractivity contribution in [3.05, 3.63) is 34.3 Å². The lowest BCUT2D eigenvalue weighted by atomic mass is 9.42. The van der Waals surface area contributed by atoms with E-state index in [0.29, 0.717) is 22.8 Å². The fourth-order valence-electron chi connectivity index (χ4n) is 7.65. The fraction of sp³-hybridized carbons (Fsp3) is 0.750. The van der Waals surface area contributed by atoms with E-state index < -0.39 is 11.2 Å². The summed E-state index contributed by atoms with van der Waals surface area (Å²) in [5.74, 6) is 0.962. The van der Waals surface area contributed by atoms with Gasteiger partial charge in [-0.05, 0) is 91.4 Å². The van der Waals surface area contributed by atoms with Gasteiger partial charge in [-0.15, -0.1) is 0 Å². The molecule has 0 heterocycles. The van der Waals surface area contributed by atoms with E-state index >= 15 is 0 Å². The van der Waals surface area contributed by atoms with Gasteiger partial charge in [0.15, 0.2) is 0 Å². The molecule has 3 aliphatic carbocycles. The summed E-state index contributed by atoms with van der Waals surface area (Å²) in [6.07, 6.45) is 7.74. The molecule has 3 heteroatoms. The van der Waals surface area contributed by atoms with Crippen LogP contribution in [0.1, 0.15) is 83.3 Å². The van der Waals surface area contributed by atoms with Gasteiger partial charge in [-0.3, -0.25) is 0 Å². The van der Waals surface area contributed by atoms with Gasteiger partial charge in [0, 0.05) is 11.4 Å². The molecule has 5 atom stereocenters. The topological polar surface area (TPSA) is 40.5 Å². The average molecular weight is 391 g/mol. The summed E-state index contributed by atoms with van der Waals surface area (Å²) in [4.78, 5) is 0. The summed E-state index contributed by atoms with van der Waals surface area (Å²) in [6.45, 7) is 9.30. The smallest absolute Gasteiger partial charge is 0.0926 e. The van der Waals surface area contributed by atoms with Crippen molar-refractivity contribution in [3.63, 3.8) is 0 Å². The SMILES string of the molecule is Cc1cc(Cl)ccc1[C@@]1(O)CC[C@H]2[C@@](O)(CC[C@H]3C(C)(C)CCC[C@@]32C)C1. The summed E-state index contributed by atoms with van der Waals surface area (Å²) in [7, 11) is 0. The number of hydrogen-bond donors (Lipinski definition) is 2. The monoisotopic (exact) mass is 390 g/mol. The Hall–Kier alpha value is -0.570. The zero-order valence-electron chi connectivity index (χ0n) is 17.3. The average Bonchev–Trinajstić information content (AvgIpc) is 2.52. The molecule has 4 rings (SSSR count). The number of rotatable bonds is 1. The predicted molar refractivity (Wildman–Crippen MR) is 111 cm³/mol. The van der Waals surface area contributed by atoms with Crippen molar-refractivity contribution in [1.82, 2.24) is 0 Å². The van der Waals surface area contributed by atoms with Crippen molar-refractivity contribution < 1.29 is 10.2 Å². The van der Waals surface area contributed by atoms with Gasteiger partial charge in [-0.25, -0.2) is 0 Å². The highest BCUT2D eigenvalue weighted by molar-refractivity contribution is 6.30. The van der Waals surface area contributed by atoms with Crippen molar-refractivity contribution in [2.75, 3.05) is 0 Å². The largest absolute Gasteiger partial charge is 0.389 e. The van der Waals surface area contributed by atoms with E-state index in [2.05, 4.69) is 20.8 Å². The zero-order valence-corrected chi connectivity index (χ0v) is 18.1. The molecule has 150 valence electrons. The van der Waals surface area contributed by atoms with Crippen LogP contribution in [0.3, 0.4) is 0 Å². The summed E-state index contributed by atoms with van der Waals surface area (Å²) in [6, 6.07) is 5.74. The van der Waals surface area contributed by atoms with Gasteiger partial charge in [-0.1, -0.05) is 44.9 Å². The van der Waals surface area contributed by atoms with Crippen LogP contribution in [0.25, 0.3) is 0 Å². The maximum absolute atomic E-state index is 11.8. The molecule has 0 bridgehead atoms. The Balaban J connectivity index is 1.67. The second-order valence-corrected chi connectivity index (χ2v) is 11.2. The quantitative estimate of drug-likeness (QED) is 0.617. The Kier molecular flexibility index (Phi) is 4.54. The second-order valence-electron chi connectivity index (χ2n) is 10.8. The first kappa shape index (κ1) is 19.7. The van der Waals surface area contributed by atoms with E-state index in [0.717, 1.165) is 36.8 Å². The van der Waals surface area contributed by atoms with E-state index in [4.69, 9.17) is 11.6 Å². The Morgan fingerprint density at radius 3 is 2.37 bits per heavy atom. The number of aryl methyl sites for hydroxylation is 1. The molecular weight excluding hydrogens is 356 g/mol. The third-order valence-corrected chi connectivity index (χ3v) is 8.96. The summed E-state index contributed by atoms with van der Waals surface area (Å²) in [5.41, 5.74) is 0.783. The van der Waals surface area contributed by atoms with Gasteiger partial charge in [0.1, 0.15) is 0 Å². The maximum Gasteiger partial charge on any atom is 0.0926 e. The third kappa shape index (κ3) is 2.98. The van der Waals surface area contributed by atoms with Crippen LogP contribution in [0.5, 0.6) is 0 Å². The molecule has 3 fully saturated rings. The van der Waals surface area contributed by atoms with E-state index in [1.807, 2.05) is 25.1 Å². The second kappa shape index (κ2) is 6.21. The molecule has 0 aliphatic heterocycles. The summed E-state index contributed by atoms with van der Waals surface area (Å²) >= 11 is 6.13. The molecule has 2 nitrogen and oxygen atoms in total. The van der Waals surface area contributed by atoms with Crippen LogP contribution < -0.4 is 0 Å². The third-order valence-electron chi connectivity index (χ3n) is 8.72. The first-order valence-electron chi connectivity index (χ1n) is 10.7. The van der Waals surface area contributed by atoms with Crippen LogP contribution >= 0.6 is 11.6 Å². The van der Waals surface area contributed by atoms with Crippen molar-refractivity contribution in [1.29, 1.82) is 0 Å². The minimum atomic E-state index is -0.951. The van der Waals surface area contributed by atoms with Crippen LogP contribution in [-0.2, 0) is 5.60 Å².